The molecule has 1 saturated heterocycles. The van der Waals surface area contributed by atoms with Crippen molar-refractivity contribution in [2.45, 2.75) is 32.1 Å². The van der Waals surface area contributed by atoms with Gasteiger partial charge in [0.15, 0.2) is 0 Å². The normalized spacial score (nSPS) is 17.1. The predicted octanol–water partition coefficient (Wildman–Crippen LogP) is 5.40. The van der Waals surface area contributed by atoms with Crippen LogP contribution in [0.4, 0.5) is 10.1 Å². The maximum atomic E-state index is 13.0. The second-order valence-corrected chi connectivity index (χ2v) is 9.75. The number of anilines is 1. The topological polar surface area (TPSA) is 42.3 Å². The number of hydrogen-bond donors (Lipinski definition) is 1. The van der Waals surface area contributed by atoms with Crippen LogP contribution in [0, 0.1) is 23.1 Å². The van der Waals surface area contributed by atoms with Crippen LogP contribution >= 0.6 is 11.9 Å². The van der Waals surface area contributed by atoms with Crippen molar-refractivity contribution in [1.82, 2.24) is 9.80 Å². The van der Waals surface area contributed by atoms with Gasteiger partial charge in [-0.05, 0) is 55.1 Å². The lowest BCUT2D eigenvalue weighted by molar-refractivity contribution is 0.134. The Labute approximate surface area is 196 Å². The number of nitriles is 1. The lowest BCUT2D eigenvalue weighted by atomic mass is 9.70. The fourth-order valence-corrected chi connectivity index (χ4v) is 5.15. The molecule has 0 aromatic heterocycles. The molecular weight excluding hydrogens is 419 g/mol. The lowest BCUT2D eigenvalue weighted by Crippen LogP contribution is -2.47. The van der Waals surface area contributed by atoms with Crippen molar-refractivity contribution in [1.29, 1.82) is 5.26 Å². The van der Waals surface area contributed by atoms with Gasteiger partial charge in [-0.3, -0.25) is 4.90 Å². The number of benzene rings is 2. The van der Waals surface area contributed by atoms with Gasteiger partial charge in [0.2, 0.25) is 0 Å². The van der Waals surface area contributed by atoms with Crippen LogP contribution in [0.5, 0.6) is 0 Å². The minimum atomic E-state index is -0.405. The van der Waals surface area contributed by atoms with E-state index in [2.05, 4.69) is 46.6 Å². The van der Waals surface area contributed by atoms with Crippen LogP contribution in [0.3, 0.4) is 0 Å². The zero-order chi connectivity index (χ0) is 22.8. The first kappa shape index (κ1) is 24.6. The summed E-state index contributed by atoms with van der Waals surface area (Å²) < 4.78 is 16.2. The first-order valence-electron chi connectivity index (χ1n) is 11.6. The van der Waals surface area contributed by atoms with Crippen LogP contribution in [-0.4, -0.2) is 54.8 Å². The van der Waals surface area contributed by atoms with Crippen molar-refractivity contribution >= 4 is 17.6 Å². The summed E-state index contributed by atoms with van der Waals surface area (Å²) in [6.45, 7) is 10.8. The molecule has 0 aliphatic carbocycles. The average Bonchev–Trinajstić information content (AvgIpc) is 2.82. The molecule has 1 aliphatic rings. The van der Waals surface area contributed by atoms with Gasteiger partial charge in [-0.15, -0.1) is 0 Å². The maximum Gasteiger partial charge on any atom is 0.123 e. The van der Waals surface area contributed by atoms with E-state index in [-0.39, 0.29) is 11.7 Å². The van der Waals surface area contributed by atoms with Crippen LogP contribution in [0.2, 0.25) is 0 Å². The van der Waals surface area contributed by atoms with Gasteiger partial charge in [0, 0.05) is 44.2 Å². The standard InChI is InChI=1S/C26H35FN4S/c1-22(2)26(21-28,23-7-4-3-5-8-23)13-6-14-30-15-17-31(18-16-30)19-20-32-29-25-11-9-24(27)10-12-25/h3-5,7-12,22,29H,6,13-20H2,1-2H3. The fourth-order valence-electron chi connectivity index (χ4n) is 4.40. The summed E-state index contributed by atoms with van der Waals surface area (Å²) in [5.74, 6) is 1.07. The minimum Gasteiger partial charge on any atom is -0.330 e. The molecule has 1 fully saturated rings. The van der Waals surface area contributed by atoms with Gasteiger partial charge in [0.1, 0.15) is 5.82 Å². The van der Waals surface area contributed by atoms with E-state index in [1.165, 1.54) is 12.1 Å². The van der Waals surface area contributed by atoms with Crippen LogP contribution in [0.15, 0.2) is 54.6 Å². The van der Waals surface area contributed by atoms with E-state index < -0.39 is 5.41 Å². The van der Waals surface area contributed by atoms with E-state index in [1.54, 1.807) is 24.1 Å². The molecule has 0 saturated carbocycles. The molecule has 0 bridgehead atoms. The second kappa shape index (κ2) is 12.2. The quantitative estimate of drug-likeness (QED) is 0.364. The third kappa shape index (κ3) is 6.71. The smallest absolute Gasteiger partial charge is 0.123 e. The van der Waals surface area contributed by atoms with Crippen molar-refractivity contribution in [2.24, 2.45) is 5.92 Å². The molecule has 2 aromatic rings. The molecule has 32 heavy (non-hydrogen) atoms. The Hall–Kier alpha value is -2.07. The fraction of sp³-hybridized carbons (Fsp3) is 0.500. The molecule has 1 atom stereocenters. The van der Waals surface area contributed by atoms with Gasteiger partial charge in [-0.25, -0.2) is 4.39 Å². The minimum absolute atomic E-state index is 0.207. The van der Waals surface area contributed by atoms with E-state index >= 15 is 0 Å². The van der Waals surface area contributed by atoms with Crippen LogP contribution in [-0.2, 0) is 5.41 Å². The molecule has 1 heterocycles. The van der Waals surface area contributed by atoms with Crippen LogP contribution in [0.25, 0.3) is 0 Å². The number of halogens is 1. The summed E-state index contributed by atoms with van der Waals surface area (Å²) in [5.41, 5.74) is 1.68. The summed E-state index contributed by atoms with van der Waals surface area (Å²) in [6, 6.07) is 19.4. The Morgan fingerprint density at radius 3 is 2.22 bits per heavy atom. The molecule has 172 valence electrons. The van der Waals surface area contributed by atoms with E-state index in [9.17, 15) is 9.65 Å². The molecule has 0 amide bonds. The highest BCUT2D eigenvalue weighted by molar-refractivity contribution is 8.00. The van der Waals surface area contributed by atoms with E-state index in [0.29, 0.717) is 0 Å². The first-order valence-corrected chi connectivity index (χ1v) is 12.6. The molecule has 0 spiro atoms. The van der Waals surface area contributed by atoms with Crippen molar-refractivity contribution < 1.29 is 4.39 Å². The van der Waals surface area contributed by atoms with Gasteiger partial charge in [-0.2, -0.15) is 5.26 Å². The molecule has 4 nitrogen and oxygen atoms in total. The Bertz CT molecular complexity index is 844. The second-order valence-electron chi connectivity index (χ2n) is 8.85. The van der Waals surface area contributed by atoms with Gasteiger partial charge >= 0.3 is 0 Å². The number of nitrogens with zero attached hydrogens (tertiary/aromatic N) is 3. The highest BCUT2D eigenvalue weighted by atomic mass is 32.2. The van der Waals surface area contributed by atoms with Gasteiger partial charge in [0.05, 0.1) is 11.5 Å². The Balaban J connectivity index is 1.35. The third-order valence-corrected chi connectivity index (χ3v) is 7.29. The largest absolute Gasteiger partial charge is 0.330 e. The SMILES string of the molecule is CC(C)C(C#N)(CCCN1CCN(CCSNc2ccc(F)cc2)CC1)c1ccccc1. The number of nitrogens with one attached hydrogen (secondary N) is 1. The van der Waals surface area contributed by atoms with Crippen LogP contribution in [0.1, 0.15) is 32.3 Å². The zero-order valence-corrected chi connectivity index (χ0v) is 20.1. The number of hydrogen-bond acceptors (Lipinski definition) is 5. The molecule has 1 N–H and O–H groups in total. The van der Waals surface area contributed by atoms with Gasteiger partial charge in [-0.1, -0.05) is 56.1 Å². The summed E-state index contributed by atoms with van der Waals surface area (Å²) in [4.78, 5) is 5.04. The van der Waals surface area contributed by atoms with Crippen LogP contribution < -0.4 is 4.72 Å². The Morgan fingerprint density at radius 2 is 1.62 bits per heavy atom. The predicted molar refractivity (Wildman–Crippen MR) is 133 cm³/mol. The van der Waals surface area contributed by atoms with E-state index in [4.69, 9.17) is 0 Å². The third-order valence-electron chi connectivity index (χ3n) is 6.53. The van der Waals surface area contributed by atoms with Crippen molar-refractivity contribution in [3.63, 3.8) is 0 Å². The monoisotopic (exact) mass is 454 g/mol. The molecule has 0 radical (unpaired) electrons. The number of piperazine rings is 1. The molecular formula is C26H35FN4S. The van der Waals surface area contributed by atoms with Gasteiger partial charge < -0.3 is 9.62 Å². The molecule has 2 aromatic carbocycles. The molecule has 1 aliphatic heterocycles. The average molecular weight is 455 g/mol. The highest BCUT2D eigenvalue weighted by Gasteiger charge is 2.35. The highest BCUT2D eigenvalue weighted by Crippen LogP contribution is 2.36. The van der Waals surface area contributed by atoms with Crippen molar-refractivity contribution in [3.05, 3.63) is 66.0 Å². The van der Waals surface area contributed by atoms with Crippen molar-refractivity contribution in [2.75, 3.05) is 49.7 Å². The Kier molecular flexibility index (Phi) is 9.40. The molecule has 1 unspecified atom stereocenters. The molecule has 6 heteroatoms. The Morgan fingerprint density at radius 1 is 1.00 bits per heavy atom. The van der Waals surface area contributed by atoms with E-state index in [1.807, 2.05) is 18.2 Å². The summed E-state index contributed by atoms with van der Waals surface area (Å²) in [5, 5.41) is 10.1. The first-order chi connectivity index (χ1) is 15.5. The summed E-state index contributed by atoms with van der Waals surface area (Å²) in [7, 11) is 0. The zero-order valence-electron chi connectivity index (χ0n) is 19.3. The maximum absolute atomic E-state index is 13.0. The number of rotatable bonds is 11. The molecule has 3 rings (SSSR count). The van der Waals surface area contributed by atoms with Gasteiger partial charge in [0.25, 0.3) is 0 Å². The van der Waals surface area contributed by atoms with E-state index in [0.717, 1.165) is 69.1 Å². The van der Waals surface area contributed by atoms with Crippen molar-refractivity contribution in [3.8, 4) is 6.07 Å². The summed E-state index contributed by atoms with van der Waals surface area (Å²) >= 11 is 1.67. The lowest BCUT2D eigenvalue weighted by Gasteiger charge is -2.36. The summed E-state index contributed by atoms with van der Waals surface area (Å²) in [6.07, 6.45) is 1.94.